The lowest BCUT2D eigenvalue weighted by atomic mass is 10.1. The Balaban J connectivity index is 1.43. The van der Waals surface area contributed by atoms with Crippen molar-refractivity contribution in [2.45, 2.75) is 13.3 Å². The van der Waals surface area contributed by atoms with Crippen molar-refractivity contribution in [2.24, 2.45) is 0 Å². The number of hydrogen-bond acceptors (Lipinski definition) is 8. The van der Waals surface area contributed by atoms with Gasteiger partial charge in [0.25, 0.3) is 11.1 Å². The Bertz CT molecular complexity index is 1130. The Morgan fingerprint density at radius 2 is 1.74 bits per heavy atom. The number of carbonyl (C=O) groups excluding carboxylic acids is 2. The zero-order chi connectivity index (χ0) is 23.9. The predicted octanol–water partition coefficient (Wildman–Crippen LogP) is 3.84. The smallest absolute Gasteiger partial charge is 0.409 e. The molecule has 0 bridgehead atoms. The summed E-state index contributed by atoms with van der Waals surface area (Å²) in [5.41, 5.74) is 1.58. The first-order valence-corrected chi connectivity index (χ1v) is 11.8. The number of amides is 2. The quantitative estimate of drug-likeness (QED) is 0.505. The summed E-state index contributed by atoms with van der Waals surface area (Å²) >= 11 is 1.15. The molecule has 178 valence electrons. The highest BCUT2D eigenvalue weighted by Crippen LogP contribution is 2.33. The second kappa shape index (κ2) is 11.0. The van der Waals surface area contributed by atoms with E-state index in [0.717, 1.165) is 17.1 Å². The van der Waals surface area contributed by atoms with Gasteiger partial charge >= 0.3 is 6.09 Å². The predicted molar refractivity (Wildman–Crippen MR) is 127 cm³/mol. The summed E-state index contributed by atoms with van der Waals surface area (Å²) in [5.74, 6) is 1.40. The zero-order valence-corrected chi connectivity index (χ0v) is 19.9. The van der Waals surface area contributed by atoms with Crippen LogP contribution in [-0.4, -0.2) is 71.1 Å². The van der Waals surface area contributed by atoms with Gasteiger partial charge in [0.2, 0.25) is 0 Å². The molecule has 1 saturated heterocycles. The summed E-state index contributed by atoms with van der Waals surface area (Å²) in [6, 6.07) is 15.0. The maximum atomic E-state index is 13.1. The first-order chi connectivity index (χ1) is 16.6. The van der Waals surface area contributed by atoms with E-state index in [2.05, 4.69) is 9.36 Å². The van der Waals surface area contributed by atoms with Gasteiger partial charge in [-0.15, -0.1) is 0 Å². The van der Waals surface area contributed by atoms with Gasteiger partial charge in [-0.1, -0.05) is 30.3 Å². The summed E-state index contributed by atoms with van der Waals surface area (Å²) < 4.78 is 20.8. The Hall–Kier alpha value is -3.66. The van der Waals surface area contributed by atoms with Crippen LogP contribution in [0.1, 0.15) is 28.7 Å². The highest BCUT2D eigenvalue weighted by Gasteiger charge is 2.26. The van der Waals surface area contributed by atoms with Crippen LogP contribution in [0.4, 0.5) is 4.79 Å². The Morgan fingerprint density at radius 1 is 1.00 bits per heavy atom. The molecule has 0 radical (unpaired) electrons. The Kier molecular flexibility index (Phi) is 7.58. The van der Waals surface area contributed by atoms with E-state index in [-0.39, 0.29) is 12.0 Å². The van der Waals surface area contributed by atoms with Crippen LogP contribution in [-0.2, 0) is 11.2 Å². The lowest BCUT2D eigenvalue weighted by molar-refractivity contribution is 0.0570. The Morgan fingerprint density at radius 3 is 2.44 bits per heavy atom. The van der Waals surface area contributed by atoms with E-state index < -0.39 is 0 Å². The molecule has 2 amide bonds. The number of nitrogens with zero attached hydrogens (tertiary/aromatic N) is 4. The minimum atomic E-state index is -0.349. The van der Waals surface area contributed by atoms with E-state index in [9.17, 15) is 9.59 Å². The number of aromatic nitrogens is 2. The molecule has 4 rings (SSSR count). The monoisotopic (exact) mass is 482 g/mol. The zero-order valence-electron chi connectivity index (χ0n) is 19.1. The van der Waals surface area contributed by atoms with E-state index in [1.807, 2.05) is 30.3 Å². The van der Waals surface area contributed by atoms with Crippen LogP contribution in [0.2, 0.25) is 0 Å². The molecule has 10 heteroatoms. The number of hydrogen-bond donors (Lipinski definition) is 0. The van der Waals surface area contributed by atoms with Gasteiger partial charge in [-0.05, 0) is 30.7 Å². The Labute approximate surface area is 202 Å². The number of methoxy groups -OCH3 is 1. The maximum Gasteiger partial charge on any atom is 0.409 e. The van der Waals surface area contributed by atoms with Gasteiger partial charge in [-0.25, -0.2) is 4.79 Å². The second-order valence-corrected chi connectivity index (χ2v) is 8.30. The van der Waals surface area contributed by atoms with Gasteiger partial charge in [0, 0.05) is 49.7 Å². The molecule has 0 atom stereocenters. The molecule has 0 aliphatic carbocycles. The summed E-state index contributed by atoms with van der Waals surface area (Å²) in [6.07, 6.45) is 0.257. The molecule has 3 aromatic rings. The minimum absolute atomic E-state index is 0.141. The van der Waals surface area contributed by atoms with Crippen molar-refractivity contribution in [3.8, 4) is 16.7 Å². The third-order valence-electron chi connectivity index (χ3n) is 5.36. The van der Waals surface area contributed by atoms with Crippen LogP contribution in [0.25, 0.3) is 0 Å². The number of benzene rings is 2. The minimum Gasteiger partial charge on any atom is -0.493 e. The van der Waals surface area contributed by atoms with Crippen molar-refractivity contribution in [2.75, 3.05) is 39.9 Å². The standard InChI is InChI=1S/C24H26N4O5S/c1-3-32-24(30)28-13-11-27(12-14-28)22(29)18-9-10-19(31-2)20(16-18)33-23-25-21(26-34-23)15-17-7-5-4-6-8-17/h4-10,16H,3,11-15H2,1-2H3. The molecule has 34 heavy (non-hydrogen) atoms. The van der Waals surface area contributed by atoms with Crippen LogP contribution >= 0.6 is 11.5 Å². The lowest BCUT2D eigenvalue weighted by Crippen LogP contribution is -2.50. The summed E-state index contributed by atoms with van der Waals surface area (Å²) in [4.78, 5) is 32.8. The third kappa shape index (κ3) is 5.63. The molecule has 0 unspecified atom stereocenters. The molecule has 0 saturated carbocycles. The maximum absolute atomic E-state index is 13.1. The van der Waals surface area contributed by atoms with Crippen LogP contribution in [0.15, 0.2) is 48.5 Å². The van der Waals surface area contributed by atoms with E-state index in [4.69, 9.17) is 14.2 Å². The molecule has 1 aliphatic heterocycles. The van der Waals surface area contributed by atoms with Gasteiger partial charge in [-0.3, -0.25) is 4.79 Å². The highest BCUT2D eigenvalue weighted by molar-refractivity contribution is 7.07. The normalized spacial score (nSPS) is 13.5. The van der Waals surface area contributed by atoms with Crippen LogP contribution in [0, 0.1) is 0 Å². The van der Waals surface area contributed by atoms with E-state index >= 15 is 0 Å². The van der Waals surface area contributed by atoms with Gasteiger partial charge < -0.3 is 24.0 Å². The largest absolute Gasteiger partial charge is 0.493 e. The van der Waals surface area contributed by atoms with Crippen molar-refractivity contribution in [3.05, 3.63) is 65.5 Å². The van der Waals surface area contributed by atoms with Crippen LogP contribution < -0.4 is 9.47 Å². The van der Waals surface area contributed by atoms with E-state index in [1.165, 1.54) is 0 Å². The van der Waals surface area contributed by atoms with Crippen LogP contribution in [0.5, 0.6) is 16.7 Å². The van der Waals surface area contributed by atoms with Crippen molar-refractivity contribution in [1.82, 2.24) is 19.2 Å². The molecule has 0 spiro atoms. The molecule has 1 aliphatic rings. The van der Waals surface area contributed by atoms with Crippen molar-refractivity contribution in [3.63, 3.8) is 0 Å². The molecule has 2 aromatic carbocycles. The first kappa shape index (κ1) is 23.5. The van der Waals surface area contributed by atoms with Gasteiger partial charge in [0.1, 0.15) is 0 Å². The molecule has 2 heterocycles. The fraction of sp³-hybridized carbons (Fsp3) is 0.333. The summed E-state index contributed by atoms with van der Waals surface area (Å²) in [7, 11) is 1.54. The second-order valence-electron chi connectivity index (χ2n) is 7.58. The van der Waals surface area contributed by atoms with Crippen LogP contribution in [0.3, 0.4) is 0 Å². The van der Waals surface area contributed by atoms with Gasteiger partial charge in [0.05, 0.1) is 13.7 Å². The molecule has 1 fully saturated rings. The van der Waals surface area contributed by atoms with Gasteiger partial charge in [0.15, 0.2) is 17.3 Å². The topological polar surface area (TPSA) is 94.1 Å². The number of carbonyl (C=O) groups is 2. The number of piperazine rings is 1. The molecular weight excluding hydrogens is 456 g/mol. The fourth-order valence-electron chi connectivity index (χ4n) is 3.60. The average molecular weight is 483 g/mol. The number of rotatable bonds is 7. The molecular formula is C24H26N4O5S. The number of ether oxygens (including phenoxy) is 3. The first-order valence-electron chi connectivity index (χ1n) is 11.0. The van der Waals surface area contributed by atoms with Crippen molar-refractivity contribution >= 4 is 23.5 Å². The van der Waals surface area contributed by atoms with E-state index in [1.54, 1.807) is 42.0 Å². The van der Waals surface area contributed by atoms with Crippen molar-refractivity contribution < 1.29 is 23.8 Å². The summed E-state index contributed by atoms with van der Waals surface area (Å²) in [6.45, 7) is 3.82. The molecule has 0 N–H and O–H groups in total. The third-order valence-corrected chi connectivity index (χ3v) is 5.99. The average Bonchev–Trinajstić information content (AvgIpc) is 3.31. The lowest BCUT2D eigenvalue weighted by Gasteiger charge is -2.34. The van der Waals surface area contributed by atoms with Crippen molar-refractivity contribution in [1.29, 1.82) is 0 Å². The van der Waals surface area contributed by atoms with E-state index in [0.29, 0.717) is 67.3 Å². The van der Waals surface area contributed by atoms with Gasteiger partial charge in [-0.2, -0.15) is 9.36 Å². The highest BCUT2D eigenvalue weighted by atomic mass is 32.1. The summed E-state index contributed by atoms with van der Waals surface area (Å²) in [5, 5.41) is 0.372. The SMILES string of the molecule is CCOC(=O)N1CCN(C(=O)c2ccc(OC)c(Oc3nc(Cc4ccccc4)ns3)c2)CC1. The fourth-order valence-corrected chi connectivity index (χ4v) is 4.16. The molecule has 9 nitrogen and oxygen atoms in total. The molecule has 1 aromatic heterocycles.